The molecule has 0 radical (unpaired) electrons. The van der Waals surface area contributed by atoms with Crippen LogP contribution in [0.5, 0.6) is 5.75 Å². The van der Waals surface area contributed by atoms with E-state index in [1.807, 2.05) is 0 Å². The molecule has 32 heavy (non-hydrogen) atoms. The van der Waals surface area contributed by atoms with Crippen molar-refractivity contribution in [2.45, 2.75) is 51.6 Å². The Morgan fingerprint density at radius 3 is 2.69 bits per heavy atom. The van der Waals surface area contributed by atoms with Crippen LogP contribution < -0.4 is 4.74 Å². The second-order valence-electron chi connectivity index (χ2n) is 9.93. The van der Waals surface area contributed by atoms with Crippen LogP contribution in [-0.2, 0) is 19.5 Å². The monoisotopic (exact) mass is 453 g/mol. The third-order valence-electron chi connectivity index (χ3n) is 6.90. The SMILES string of the molecule is CN(C)Cc1c(OCC2CC2)ccc2c(CCC3CCN(Cc4ccsc4)CC3)noc12. The van der Waals surface area contributed by atoms with E-state index in [0.29, 0.717) is 0 Å². The molecule has 1 aromatic carbocycles. The maximum Gasteiger partial charge on any atom is 0.175 e. The van der Waals surface area contributed by atoms with Gasteiger partial charge in [0.2, 0.25) is 0 Å². The van der Waals surface area contributed by atoms with Gasteiger partial charge in [-0.1, -0.05) is 5.16 Å². The van der Waals surface area contributed by atoms with Gasteiger partial charge in [-0.25, -0.2) is 0 Å². The zero-order valence-electron chi connectivity index (χ0n) is 19.4. The van der Waals surface area contributed by atoms with Crippen LogP contribution in [0, 0.1) is 11.8 Å². The van der Waals surface area contributed by atoms with Gasteiger partial charge in [0.25, 0.3) is 0 Å². The molecule has 1 aliphatic carbocycles. The zero-order valence-corrected chi connectivity index (χ0v) is 20.2. The quantitative estimate of drug-likeness (QED) is 0.401. The number of thiophene rings is 1. The summed E-state index contributed by atoms with van der Waals surface area (Å²) in [6.07, 6.45) is 7.34. The van der Waals surface area contributed by atoms with Crippen molar-refractivity contribution in [2.75, 3.05) is 33.8 Å². The molecule has 0 N–H and O–H groups in total. The van der Waals surface area contributed by atoms with E-state index in [4.69, 9.17) is 9.26 Å². The fourth-order valence-corrected chi connectivity index (χ4v) is 5.44. The minimum absolute atomic E-state index is 0.736. The summed E-state index contributed by atoms with van der Waals surface area (Å²) in [7, 11) is 4.18. The molecule has 2 fully saturated rings. The van der Waals surface area contributed by atoms with Crippen LogP contribution in [0.4, 0.5) is 0 Å². The summed E-state index contributed by atoms with van der Waals surface area (Å²) >= 11 is 1.79. The van der Waals surface area contributed by atoms with Gasteiger partial charge >= 0.3 is 0 Å². The number of ether oxygens (including phenoxy) is 1. The Bertz CT molecular complexity index is 1000. The first-order chi connectivity index (χ1) is 15.7. The average Bonchev–Trinajstić information content (AvgIpc) is 3.30. The highest BCUT2D eigenvalue weighted by molar-refractivity contribution is 7.07. The summed E-state index contributed by atoms with van der Waals surface area (Å²) in [5, 5.41) is 10.1. The number of benzene rings is 1. The number of hydrogen-bond donors (Lipinski definition) is 0. The predicted molar refractivity (Wildman–Crippen MR) is 130 cm³/mol. The maximum atomic E-state index is 6.16. The van der Waals surface area contributed by atoms with Gasteiger partial charge in [-0.2, -0.15) is 11.3 Å². The van der Waals surface area contributed by atoms with Crippen LogP contribution in [0.2, 0.25) is 0 Å². The maximum absolute atomic E-state index is 6.16. The van der Waals surface area contributed by atoms with Gasteiger partial charge in [0, 0.05) is 18.5 Å². The van der Waals surface area contributed by atoms with Crippen molar-refractivity contribution < 1.29 is 9.26 Å². The standard InChI is InChI=1S/C26H35N3O2S/c1-28(2)16-23-25(30-17-20-3-4-20)8-6-22-24(27-31-26(22)23)7-5-19-9-12-29(13-10-19)15-21-11-14-32-18-21/h6,8,11,14,18-20H,3-5,7,9-10,12-13,15-17H2,1-2H3. The van der Waals surface area contributed by atoms with Crippen LogP contribution in [0.3, 0.4) is 0 Å². The normalized spacial score (nSPS) is 18.1. The van der Waals surface area contributed by atoms with Crippen molar-refractivity contribution in [3.63, 3.8) is 0 Å². The Morgan fingerprint density at radius 2 is 1.97 bits per heavy atom. The molecule has 0 spiro atoms. The van der Waals surface area contributed by atoms with Gasteiger partial charge in [-0.15, -0.1) is 0 Å². The number of rotatable bonds is 10. The van der Waals surface area contributed by atoms with E-state index in [2.05, 4.69) is 58.0 Å². The van der Waals surface area contributed by atoms with E-state index >= 15 is 0 Å². The summed E-state index contributed by atoms with van der Waals surface area (Å²) in [6.45, 7) is 5.13. The molecular formula is C26H35N3O2S. The molecule has 0 unspecified atom stereocenters. The highest BCUT2D eigenvalue weighted by atomic mass is 32.1. The molecule has 0 amide bonds. The predicted octanol–water partition coefficient (Wildman–Crippen LogP) is 5.58. The molecule has 2 aliphatic rings. The van der Waals surface area contributed by atoms with E-state index in [-0.39, 0.29) is 0 Å². The van der Waals surface area contributed by atoms with Crippen molar-refractivity contribution in [2.24, 2.45) is 11.8 Å². The topological polar surface area (TPSA) is 41.7 Å². The van der Waals surface area contributed by atoms with E-state index < -0.39 is 0 Å². The molecular weight excluding hydrogens is 418 g/mol. The zero-order chi connectivity index (χ0) is 21.9. The number of aromatic nitrogens is 1. The molecule has 5 nitrogen and oxygen atoms in total. The Hall–Kier alpha value is -1.89. The Kier molecular flexibility index (Phi) is 6.81. The van der Waals surface area contributed by atoms with Gasteiger partial charge in [0.1, 0.15) is 5.75 Å². The fraction of sp³-hybridized carbons (Fsp3) is 0.577. The first kappa shape index (κ1) is 21.9. The van der Waals surface area contributed by atoms with Crippen molar-refractivity contribution in [1.82, 2.24) is 15.0 Å². The van der Waals surface area contributed by atoms with Crippen molar-refractivity contribution in [3.05, 3.63) is 45.8 Å². The van der Waals surface area contributed by atoms with Gasteiger partial charge < -0.3 is 14.2 Å². The third-order valence-corrected chi connectivity index (χ3v) is 7.64. The smallest absolute Gasteiger partial charge is 0.175 e. The fourth-order valence-electron chi connectivity index (χ4n) is 4.78. The number of nitrogens with zero attached hydrogens (tertiary/aromatic N) is 3. The first-order valence-corrected chi connectivity index (χ1v) is 13.0. The van der Waals surface area contributed by atoms with Gasteiger partial charge in [-0.3, -0.25) is 4.90 Å². The summed E-state index contributed by atoms with van der Waals surface area (Å²) in [5.41, 5.74) is 4.60. The molecule has 1 aliphatic heterocycles. The van der Waals surface area contributed by atoms with Gasteiger partial charge in [-0.05, 0) is 112 Å². The molecule has 2 aromatic heterocycles. The average molecular weight is 454 g/mol. The van der Waals surface area contributed by atoms with Crippen LogP contribution in [0.25, 0.3) is 11.0 Å². The van der Waals surface area contributed by atoms with Gasteiger partial charge in [0.05, 0.1) is 17.9 Å². The first-order valence-electron chi connectivity index (χ1n) is 12.1. The molecule has 0 bridgehead atoms. The molecule has 172 valence electrons. The Balaban J connectivity index is 1.21. The molecule has 3 aromatic rings. The van der Waals surface area contributed by atoms with Crippen molar-refractivity contribution in [1.29, 1.82) is 0 Å². The minimum atomic E-state index is 0.736. The van der Waals surface area contributed by atoms with Crippen molar-refractivity contribution in [3.8, 4) is 5.75 Å². The largest absolute Gasteiger partial charge is 0.493 e. The highest BCUT2D eigenvalue weighted by Crippen LogP contribution is 2.35. The molecule has 0 atom stereocenters. The van der Waals surface area contributed by atoms with Crippen LogP contribution in [0.1, 0.15) is 48.9 Å². The lowest BCUT2D eigenvalue weighted by molar-refractivity contribution is 0.172. The van der Waals surface area contributed by atoms with E-state index in [1.54, 1.807) is 11.3 Å². The van der Waals surface area contributed by atoms with E-state index in [9.17, 15) is 0 Å². The molecule has 1 saturated heterocycles. The highest BCUT2D eigenvalue weighted by Gasteiger charge is 2.24. The van der Waals surface area contributed by atoms with Crippen LogP contribution in [0.15, 0.2) is 33.5 Å². The number of hydrogen-bond acceptors (Lipinski definition) is 6. The number of aryl methyl sites for hydroxylation is 1. The summed E-state index contributed by atoms with van der Waals surface area (Å²) < 4.78 is 12.1. The van der Waals surface area contributed by atoms with Gasteiger partial charge in [0.15, 0.2) is 5.58 Å². The number of piperidine rings is 1. The van der Waals surface area contributed by atoms with E-state index in [1.165, 1.54) is 50.8 Å². The van der Waals surface area contributed by atoms with E-state index in [0.717, 1.165) is 65.9 Å². The second-order valence-corrected chi connectivity index (χ2v) is 10.7. The molecule has 3 heterocycles. The Morgan fingerprint density at radius 1 is 1.12 bits per heavy atom. The van der Waals surface area contributed by atoms with Crippen LogP contribution in [-0.4, -0.2) is 48.7 Å². The molecule has 6 heteroatoms. The summed E-state index contributed by atoms with van der Waals surface area (Å²) in [6, 6.07) is 6.54. The lowest BCUT2D eigenvalue weighted by atomic mass is 9.91. The third kappa shape index (κ3) is 5.36. The number of fused-ring (bicyclic) bond motifs is 1. The summed E-state index contributed by atoms with van der Waals surface area (Å²) in [5.74, 6) is 2.47. The lowest BCUT2D eigenvalue weighted by Gasteiger charge is -2.31. The van der Waals surface area contributed by atoms with Crippen LogP contribution >= 0.6 is 11.3 Å². The number of likely N-dealkylation sites (tertiary alicyclic amines) is 1. The second kappa shape index (κ2) is 9.94. The van der Waals surface area contributed by atoms with Crippen molar-refractivity contribution >= 4 is 22.3 Å². The Labute approximate surface area is 195 Å². The minimum Gasteiger partial charge on any atom is -0.493 e. The summed E-state index contributed by atoms with van der Waals surface area (Å²) in [4.78, 5) is 4.77. The molecule has 5 rings (SSSR count). The lowest BCUT2D eigenvalue weighted by Crippen LogP contribution is -2.33. The molecule has 1 saturated carbocycles.